The SMILES string of the molecule is CC1(C)[C@@H]2CC[C@@]1(C)[C@H](OC(=O)/C=C/c1ccc(O)cc1)C2. The van der Waals surface area contributed by atoms with Crippen LogP contribution in [-0.4, -0.2) is 17.2 Å². The predicted molar refractivity (Wildman–Crippen MR) is 86.2 cm³/mol. The Kier molecular flexibility index (Phi) is 3.54. The number of benzene rings is 1. The summed E-state index contributed by atoms with van der Waals surface area (Å²) >= 11 is 0. The number of esters is 1. The molecule has 0 saturated heterocycles. The molecule has 118 valence electrons. The fourth-order valence-corrected chi connectivity index (χ4v) is 4.24. The Hall–Kier alpha value is -1.77. The van der Waals surface area contributed by atoms with Gasteiger partial charge < -0.3 is 9.84 Å². The van der Waals surface area contributed by atoms with Crippen molar-refractivity contribution in [1.29, 1.82) is 0 Å². The number of hydrogen-bond donors (Lipinski definition) is 1. The lowest BCUT2D eigenvalue weighted by Crippen LogP contribution is -2.38. The molecular weight excluding hydrogens is 276 g/mol. The third-order valence-electron chi connectivity index (χ3n) is 6.28. The number of carbonyl (C=O) groups is 1. The molecule has 3 nitrogen and oxygen atoms in total. The minimum Gasteiger partial charge on any atom is -0.508 e. The van der Waals surface area contributed by atoms with Crippen molar-refractivity contribution in [3.05, 3.63) is 35.9 Å². The third kappa shape index (κ3) is 2.33. The topological polar surface area (TPSA) is 46.5 Å². The maximum atomic E-state index is 12.1. The van der Waals surface area contributed by atoms with Crippen LogP contribution in [0.2, 0.25) is 0 Å². The van der Waals surface area contributed by atoms with Crippen molar-refractivity contribution in [1.82, 2.24) is 0 Å². The molecule has 2 bridgehead atoms. The van der Waals surface area contributed by atoms with Crippen molar-refractivity contribution in [2.45, 2.75) is 46.1 Å². The maximum Gasteiger partial charge on any atom is 0.331 e. The number of phenolic OH excluding ortho intramolecular Hbond substituents is 1. The Bertz CT molecular complexity index is 600. The summed E-state index contributed by atoms with van der Waals surface area (Å²) in [5.41, 5.74) is 1.22. The number of rotatable bonds is 3. The van der Waals surface area contributed by atoms with E-state index in [2.05, 4.69) is 20.8 Å². The van der Waals surface area contributed by atoms with Crippen molar-refractivity contribution in [2.75, 3.05) is 0 Å². The number of hydrogen-bond acceptors (Lipinski definition) is 3. The zero-order valence-corrected chi connectivity index (χ0v) is 13.5. The van der Waals surface area contributed by atoms with Crippen molar-refractivity contribution >= 4 is 12.0 Å². The van der Waals surface area contributed by atoms with E-state index < -0.39 is 0 Å². The molecule has 2 aliphatic carbocycles. The number of aromatic hydroxyl groups is 1. The maximum absolute atomic E-state index is 12.1. The molecule has 0 aromatic heterocycles. The van der Waals surface area contributed by atoms with E-state index in [1.807, 2.05) is 0 Å². The first-order valence-electron chi connectivity index (χ1n) is 8.01. The summed E-state index contributed by atoms with van der Waals surface area (Å²) in [6, 6.07) is 6.73. The quantitative estimate of drug-likeness (QED) is 0.673. The van der Waals surface area contributed by atoms with Crippen LogP contribution in [0.25, 0.3) is 6.08 Å². The van der Waals surface area contributed by atoms with Gasteiger partial charge in [0.05, 0.1) is 0 Å². The second-order valence-corrected chi connectivity index (χ2v) is 7.46. The zero-order valence-electron chi connectivity index (χ0n) is 13.5. The third-order valence-corrected chi connectivity index (χ3v) is 6.28. The van der Waals surface area contributed by atoms with Crippen molar-refractivity contribution in [2.24, 2.45) is 16.7 Å². The summed E-state index contributed by atoms with van der Waals surface area (Å²) in [7, 11) is 0. The molecule has 1 aromatic carbocycles. The van der Waals surface area contributed by atoms with Gasteiger partial charge in [0.2, 0.25) is 0 Å². The average molecular weight is 300 g/mol. The Morgan fingerprint density at radius 2 is 1.95 bits per heavy atom. The van der Waals surface area contributed by atoms with Crippen LogP contribution in [0.3, 0.4) is 0 Å². The number of phenols is 1. The molecule has 22 heavy (non-hydrogen) atoms. The Balaban J connectivity index is 1.65. The van der Waals surface area contributed by atoms with Gasteiger partial charge in [-0.15, -0.1) is 0 Å². The molecule has 2 fully saturated rings. The summed E-state index contributed by atoms with van der Waals surface area (Å²) in [6.45, 7) is 6.89. The van der Waals surface area contributed by atoms with E-state index in [4.69, 9.17) is 4.74 Å². The van der Waals surface area contributed by atoms with Crippen LogP contribution in [-0.2, 0) is 9.53 Å². The minimum absolute atomic E-state index is 0.0261. The van der Waals surface area contributed by atoms with E-state index in [1.165, 1.54) is 12.5 Å². The summed E-state index contributed by atoms with van der Waals surface area (Å²) in [5.74, 6) is 0.607. The van der Waals surface area contributed by atoms with Crippen LogP contribution in [0.4, 0.5) is 0 Å². The first kappa shape index (κ1) is 15.1. The van der Waals surface area contributed by atoms with Crippen LogP contribution in [0.1, 0.15) is 45.6 Å². The predicted octanol–water partition coefficient (Wildman–Crippen LogP) is 4.16. The lowest BCUT2D eigenvalue weighted by atomic mass is 9.70. The first-order chi connectivity index (χ1) is 10.3. The largest absolute Gasteiger partial charge is 0.508 e. The fraction of sp³-hybridized carbons (Fsp3) is 0.526. The molecule has 1 aromatic rings. The standard InChI is InChI=1S/C19H24O3/c1-18(2)14-10-11-19(18,3)16(12-14)22-17(21)9-6-13-4-7-15(20)8-5-13/h4-9,14,16,20H,10-12H2,1-3H3/b9-6+/t14-,16-,19+/m1/s1. The van der Waals surface area contributed by atoms with Gasteiger partial charge in [-0.25, -0.2) is 4.79 Å². The van der Waals surface area contributed by atoms with Crippen molar-refractivity contribution in [3.63, 3.8) is 0 Å². The van der Waals surface area contributed by atoms with E-state index in [9.17, 15) is 9.90 Å². The van der Waals surface area contributed by atoms with Gasteiger partial charge in [-0.2, -0.15) is 0 Å². The van der Waals surface area contributed by atoms with Gasteiger partial charge in [0, 0.05) is 11.5 Å². The van der Waals surface area contributed by atoms with Crippen LogP contribution >= 0.6 is 0 Å². The lowest BCUT2D eigenvalue weighted by molar-refractivity contribution is -0.150. The number of carbonyl (C=O) groups excluding carboxylic acids is 1. The molecule has 0 heterocycles. The molecule has 0 amide bonds. The molecule has 0 spiro atoms. The Labute approximate surface area is 132 Å². The monoisotopic (exact) mass is 300 g/mol. The highest BCUT2D eigenvalue weighted by atomic mass is 16.5. The average Bonchev–Trinajstić information content (AvgIpc) is 2.80. The lowest BCUT2D eigenvalue weighted by Gasteiger charge is -2.38. The van der Waals surface area contributed by atoms with Crippen LogP contribution in [0, 0.1) is 16.7 Å². The Morgan fingerprint density at radius 3 is 2.50 bits per heavy atom. The van der Waals surface area contributed by atoms with Gasteiger partial charge in [0.25, 0.3) is 0 Å². The zero-order chi connectivity index (χ0) is 16.0. The molecule has 0 radical (unpaired) electrons. The van der Waals surface area contributed by atoms with E-state index in [0.29, 0.717) is 5.92 Å². The summed E-state index contributed by atoms with van der Waals surface area (Å²) in [6.07, 6.45) is 6.61. The van der Waals surface area contributed by atoms with E-state index >= 15 is 0 Å². The van der Waals surface area contributed by atoms with E-state index in [0.717, 1.165) is 18.4 Å². The van der Waals surface area contributed by atoms with E-state index in [1.54, 1.807) is 30.3 Å². The normalized spacial score (nSPS) is 32.5. The fourth-order valence-electron chi connectivity index (χ4n) is 4.24. The molecular formula is C19H24O3. The highest BCUT2D eigenvalue weighted by Gasteiger charge is 2.62. The second-order valence-electron chi connectivity index (χ2n) is 7.46. The van der Waals surface area contributed by atoms with Crippen LogP contribution < -0.4 is 0 Å². The summed E-state index contributed by atoms with van der Waals surface area (Å²) in [4.78, 5) is 12.1. The first-order valence-corrected chi connectivity index (χ1v) is 8.01. The van der Waals surface area contributed by atoms with Crippen molar-refractivity contribution in [3.8, 4) is 5.75 Å². The number of ether oxygens (including phenoxy) is 1. The van der Waals surface area contributed by atoms with Gasteiger partial charge >= 0.3 is 5.97 Å². The smallest absolute Gasteiger partial charge is 0.331 e. The van der Waals surface area contributed by atoms with E-state index in [-0.39, 0.29) is 28.7 Å². The molecule has 3 rings (SSSR count). The molecule has 2 aliphatic rings. The van der Waals surface area contributed by atoms with Crippen molar-refractivity contribution < 1.29 is 14.6 Å². The van der Waals surface area contributed by atoms with Crippen LogP contribution in [0.15, 0.2) is 30.3 Å². The molecule has 0 aliphatic heterocycles. The van der Waals surface area contributed by atoms with Gasteiger partial charge in [-0.05, 0) is 54.4 Å². The highest BCUT2D eigenvalue weighted by molar-refractivity contribution is 5.87. The van der Waals surface area contributed by atoms with Gasteiger partial charge in [0.15, 0.2) is 0 Å². The molecule has 3 atom stereocenters. The highest BCUT2D eigenvalue weighted by Crippen LogP contribution is 2.66. The molecule has 3 heteroatoms. The van der Waals surface area contributed by atoms with Crippen LogP contribution in [0.5, 0.6) is 5.75 Å². The minimum atomic E-state index is -0.275. The summed E-state index contributed by atoms with van der Waals surface area (Å²) in [5, 5.41) is 9.25. The second kappa shape index (κ2) is 5.15. The summed E-state index contributed by atoms with van der Waals surface area (Å²) < 4.78 is 5.75. The Morgan fingerprint density at radius 1 is 1.27 bits per heavy atom. The van der Waals surface area contributed by atoms with Gasteiger partial charge in [0.1, 0.15) is 11.9 Å². The number of fused-ring (bicyclic) bond motifs is 2. The molecule has 1 N–H and O–H groups in total. The van der Waals surface area contributed by atoms with Gasteiger partial charge in [-0.3, -0.25) is 0 Å². The van der Waals surface area contributed by atoms with Gasteiger partial charge in [-0.1, -0.05) is 32.9 Å². The molecule has 0 unspecified atom stereocenters. The molecule has 2 saturated carbocycles.